The molecule has 0 N–H and O–H groups in total. The molecule has 5 heteroatoms. The lowest BCUT2D eigenvalue weighted by molar-refractivity contribution is 0.560. The predicted octanol–water partition coefficient (Wildman–Crippen LogP) is 6.85. The van der Waals surface area contributed by atoms with E-state index in [0.717, 1.165) is 22.9 Å². The Balaban J connectivity index is 1.86. The molecular formula is C19H26Cl2N2S. The molecular weight excluding hydrogens is 359 g/mol. The molecule has 0 amide bonds. The molecule has 0 radical (unpaired) electrons. The minimum Gasteiger partial charge on any atom is -0.336 e. The Hall–Kier alpha value is -0.640. The lowest BCUT2D eigenvalue weighted by Gasteiger charge is -2.18. The van der Waals surface area contributed by atoms with E-state index in [1.165, 1.54) is 38.5 Å². The molecule has 0 spiro atoms. The van der Waals surface area contributed by atoms with Gasteiger partial charge in [0.05, 0.1) is 6.33 Å². The maximum atomic E-state index is 6.30. The molecule has 2 rings (SSSR count). The molecule has 1 unspecified atom stereocenters. The maximum absolute atomic E-state index is 6.30. The SMILES string of the molecule is CCCCCCCC(Cn1ccnc1)SCc1ccc(Cl)cc1Cl. The van der Waals surface area contributed by atoms with Crippen molar-refractivity contribution in [3.63, 3.8) is 0 Å². The predicted molar refractivity (Wildman–Crippen MR) is 107 cm³/mol. The summed E-state index contributed by atoms with van der Waals surface area (Å²) >= 11 is 14.3. The van der Waals surface area contributed by atoms with Crippen LogP contribution in [0.2, 0.25) is 10.0 Å². The van der Waals surface area contributed by atoms with E-state index in [0.29, 0.717) is 10.3 Å². The van der Waals surface area contributed by atoms with Crippen LogP contribution in [0.25, 0.3) is 0 Å². The normalized spacial score (nSPS) is 12.5. The van der Waals surface area contributed by atoms with Gasteiger partial charge in [-0.25, -0.2) is 4.98 Å². The molecule has 24 heavy (non-hydrogen) atoms. The maximum Gasteiger partial charge on any atom is 0.0946 e. The summed E-state index contributed by atoms with van der Waals surface area (Å²) in [5.74, 6) is 0.921. The summed E-state index contributed by atoms with van der Waals surface area (Å²) in [5.41, 5.74) is 1.16. The van der Waals surface area contributed by atoms with Crippen LogP contribution in [0, 0.1) is 0 Å². The largest absolute Gasteiger partial charge is 0.336 e. The summed E-state index contributed by atoms with van der Waals surface area (Å²) in [7, 11) is 0. The van der Waals surface area contributed by atoms with Crippen molar-refractivity contribution >= 4 is 35.0 Å². The van der Waals surface area contributed by atoms with Crippen molar-refractivity contribution in [3.8, 4) is 0 Å². The molecule has 0 saturated heterocycles. The first-order valence-electron chi connectivity index (χ1n) is 8.70. The fourth-order valence-electron chi connectivity index (χ4n) is 2.68. The number of thioether (sulfide) groups is 1. The zero-order valence-electron chi connectivity index (χ0n) is 14.3. The van der Waals surface area contributed by atoms with Gasteiger partial charge in [0.25, 0.3) is 0 Å². The lowest BCUT2D eigenvalue weighted by Crippen LogP contribution is -2.12. The van der Waals surface area contributed by atoms with Gasteiger partial charge in [-0.15, -0.1) is 0 Å². The van der Waals surface area contributed by atoms with Gasteiger partial charge in [0.2, 0.25) is 0 Å². The third-order valence-electron chi connectivity index (χ3n) is 4.09. The van der Waals surface area contributed by atoms with E-state index in [-0.39, 0.29) is 0 Å². The molecule has 0 aliphatic rings. The van der Waals surface area contributed by atoms with E-state index < -0.39 is 0 Å². The van der Waals surface area contributed by atoms with Crippen molar-refractivity contribution in [2.45, 2.75) is 63.0 Å². The Bertz CT molecular complexity index is 587. The van der Waals surface area contributed by atoms with Gasteiger partial charge in [0.1, 0.15) is 0 Å². The van der Waals surface area contributed by atoms with Crippen LogP contribution in [0.1, 0.15) is 51.0 Å². The van der Waals surface area contributed by atoms with Crippen molar-refractivity contribution < 1.29 is 0 Å². The van der Waals surface area contributed by atoms with Gasteiger partial charge < -0.3 is 4.57 Å². The van der Waals surface area contributed by atoms with E-state index in [1.807, 2.05) is 48.7 Å². The molecule has 1 aromatic carbocycles. The fraction of sp³-hybridized carbons (Fsp3) is 0.526. The molecule has 0 aliphatic heterocycles. The van der Waals surface area contributed by atoms with Crippen molar-refractivity contribution in [3.05, 3.63) is 52.5 Å². The van der Waals surface area contributed by atoms with Gasteiger partial charge in [0.15, 0.2) is 0 Å². The molecule has 0 aliphatic carbocycles. The number of nitrogens with zero attached hydrogens (tertiary/aromatic N) is 2. The van der Waals surface area contributed by atoms with E-state index >= 15 is 0 Å². The summed E-state index contributed by atoms with van der Waals surface area (Å²) in [6, 6.07) is 5.78. The second-order valence-corrected chi connectivity index (χ2v) is 8.26. The van der Waals surface area contributed by atoms with Gasteiger partial charge in [0, 0.05) is 40.0 Å². The quantitative estimate of drug-likeness (QED) is 0.394. The number of benzene rings is 1. The number of imidazole rings is 1. The van der Waals surface area contributed by atoms with E-state index in [1.54, 1.807) is 0 Å². The Morgan fingerprint density at radius 1 is 1.17 bits per heavy atom. The van der Waals surface area contributed by atoms with Gasteiger partial charge in [-0.1, -0.05) is 68.3 Å². The van der Waals surface area contributed by atoms with Crippen molar-refractivity contribution in [1.29, 1.82) is 0 Å². The molecule has 132 valence electrons. The Labute approximate surface area is 160 Å². The van der Waals surface area contributed by atoms with Crippen LogP contribution in [-0.4, -0.2) is 14.8 Å². The summed E-state index contributed by atoms with van der Waals surface area (Å²) in [6.45, 7) is 3.26. The molecule has 0 bridgehead atoms. The van der Waals surface area contributed by atoms with Crippen molar-refractivity contribution in [1.82, 2.24) is 9.55 Å². The van der Waals surface area contributed by atoms with Gasteiger partial charge in [-0.3, -0.25) is 0 Å². The van der Waals surface area contributed by atoms with Gasteiger partial charge in [-0.2, -0.15) is 11.8 Å². The number of aromatic nitrogens is 2. The van der Waals surface area contributed by atoms with Crippen LogP contribution in [-0.2, 0) is 12.3 Å². The Morgan fingerprint density at radius 2 is 2.00 bits per heavy atom. The highest BCUT2D eigenvalue weighted by Crippen LogP contribution is 2.29. The van der Waals surface area contributed by atoms with Crippen molar-refractivity contribution in [2.75, 3.05) is 0 Å². The molecule has 1 aromatic heterocycles. The molecule has 1 heterocycles. The zero-order chi connectivity index (χ0) is 17.2. The van der Waals surface area contributed by atoms with E-state index in [2.05, 4.69) is 16.5 Å². The first-order valence-corrected chi connectivity index (χ1v) is 10.5. The van der Waals surface area contributed by atoms with Crippen LogP contribution in [0.5, 0.6) is 0 Å². The molecule has 0 fully saturated rings. The summed E-state index contributed by atoms with van der Waals surface area (Å²) < 4.78 is 2.17. The first kappa shape index (κ1) is 19.7. The highest BCUT2D eigenvalue weighted by atomic mass is 35.5. The molecule has 0 saturated carbocycles. The van der Waals surface area contributed by atoms with Crippen LogP contribution in [0.15, 0.2) is 36.9 Å². The fourth-order valence-corrected chi connectivity index (χ4v) is 4.51. The topological polar surface area (TPSA) is 17.8 Å². The first-order chi connectivity index (χ1) is 11.7. The Kier molecular flexibility index (Phi) is 9.08. The van der Waals surface area contributed by atoms with Crippen LogP contribution in [0.4, 0.5) is 0 Å². The van der Waals surface area contributed by atoms with Crippen LogP contribution < -0.4 is 0 Å². The summed E-state index contributed by atoms with van der Waals surface area (Å²) in [6.07, 6.45) is 13.6. The lowest BCUT2D eigenvalue weighted by atomic mass is 10.1. The third kappa shape index (κ3) is 7.08. The number of hydrogen-bond donors (Lipinski definition) is 0. The minimum atomic E-state index is 0.576. The molecule has 2 aromatic rings. The molecule has 1 atom stereocenters. The number of hydrogen-bond acceptors (Lipinski definition) is 2. The van der Waals surface area contributed by atoms with E-state index in [9.17, 15) is 0 Å². The monoisotopic (exact) mass is 384 g/mol. The van der Waals surface area contributed by atoms with Crippen LogP contribution in [0.3, 0.4) is 0 Å². The van der Waals surface area contributed by atoms with Gasteiger partial charge >= 0.3 is 0 Å². The molecule has 2 nitrogen and oxygen atoms in total. The second kappa shape index (κ2) is 11.1. The third-order valence-corrected chi connectivity index (χ3v) is 6.01. The van der Waals surface area contributed by atoms with Crippen molar-refractivity contribution in [2.24, 2.45) is 0 Å². The standard InChI is InChI=1S/C19H26Cl2N2S/c1-2-3-4-5-6-7-18(13-23-11-10-22-15-23)24-14-16-8-9-17(20)12-19(16)21/h8-12,15,18H,2-7,13-14H2,1H3. The average Bonchev–Trinajstić information content (AvgIpc) is 3.06. The van der Waals surface area contributed by atoms with Gasteiger partial charge in [-0.05, 0) is 24.1 Å². The smallest absolute Gasteiger partial charge is 0.0946 e. The number of rotatable bonds is 11. The second-order valence-electron chi connectivity index (χ2n) is 6.13. The number of unbranched alkanes of at least 4 members (excludes halogenated alkanes) is 4. The zero-order valence-corrected chi connectivity index (χ0v) is 16.6. The van der Waals surface area contributed by atoms with Crippen LogP contribution >= 0.6 is 35.0 Å². The summed E-state index contributed by atoms with van der Waals surface area (Å²) in [4.78, 5) is 4.16. The highest BCUT2D eigenvalue weighted by molar-refractivity contribution is 7.99. The summed E-state index contributed by atoms with van der Waals surface area (Å²) in [5, 5.41) is 2.03. The highest BCUT2D eigenvalue weighted by Gasteiger charge is 2.12. The average molecular weight is 385 g/mol. The minimum absolute atomic E-state index is 0.576. The van der Waals surface area contributed by atoms with E-state index in [4.69, 9.17) is 23.2 Å². The number of halogens is 2. The Morgan fingerprint density at radius 3 is 2.71 bits per heavy atom.